The molecule has 0 saturated heterocycles. The molecule has 0 spiro atoms. The number of hydrogen-bond donors (Lipinski definition) is 0. The second kappa shape index (κ2) is 7.41. The summed E-state index contributed by atoms with van der Waals surface area (Å²) in [5, 5.41) is 17.7. The standard InChI is InChI=1S/C6H11N2.C5H4F3NO2/c1-3-8-5-4-7(2)6-8;6-5(7,8)1-3(2-9)4(10)11/h4-6H,3H2,1-2H3;3H,1H2,(H,10,11)/q+1;/p-1. The molecule has 0 aliphatic carbocycles. The van der Waals surface area contributed by atoms with Crippen LogP contribution in [0.15, 0.2) is 18.7 Å². The van der Waals surface area contributed by atoms with Crippen molar-refractivity contribution in [1.82, 2.24) is 4.57 Å². The lowest BCUT2D eigenvalue weighted by atomic mass is 10.1. The molecule has 5 nitrogen and oxygen atoms in total. The van der Waals surface area contributed by atoms with Crippen LogP contribution in [0, 0.1) is 17.2 Å². The summed E-state index contributed by atoms with van der Waals surface area (Å²) in [4.78, 5) is 9.77. The SMILES string of the molecule is CCn1cc[n+](C)c1.N#CC(CC(F)(F)F)C(=O)[O-]. The van der Waals surface area contributed by atoms with Crippen LogP contribution in [0.3, 0.4) is 0 Å². The number of carboxylic acids is 1. The van der Waals surface area contributed by atoms with Crippen LogP contribution in [-0.2, 0) is 18.4 Å². The Labute approximate surface area is 108 Å². The van der Waals surface area contributed by atoms with E-state index < -0.39 is 24.5 Å². The predicted molar refractivity (Wildman–Crippen MR) is 56.1 cm³/mol. The molecule has 0 radical (unpaired) electrons. The zero-order valence-corrected chi connectivity index (χ0v) is 10.5. The molecule has 1 aromatic rings. The molecule has 1 rings (SSSR count). The Balaban J connectivity index is 0.000000356. The Hall–Kier alpha value is -2.04. The summed E-state index contributed by atoms with van der Waals surface area (Å²) in [5.41, 5.74) is 0. The van der Waals surface area contributed by atoms with Gasteiger partial charge in [0.05, 0.1) is 38.0 Å². The highest BCUT2D eigenvalue weighted by Gasteiger charge is 2.32. The van der Waals surface area contributed by atoms with Crippen molar-refractivity contribution >= 4 is 5.97 Å². The third kappa shape index (κ3) is 7.81. The molecule has 1 atom stereocenters. The quantitative estimate of drug-likeness (QED) is 0.739. The molecule has 0 N–H and O–H groups in total. The molecule has 0 saturated carbocycles. The van der Waals surface area contributed by atoms with E-state index in [4.69, 9.17) is 5.26 Å². The summed E-state index contributed by atoms with van der Waals surface area (Å²) in [6.07, 6.45) is -0.157. The summed E-state index contributed by atoms with van der Waals surface area (Å²) in [5.74, 6) is -4.10. The van der Waals surface area contributed by atoms with Gasteiger partial charge < -0.3 is 9.90 Å². The first-order valence-corrected chi connectivity index (χ1v) is 5.37. The normalized spacial score (nSPS) is 12.0. The fourth-order valence-corrected chi connectivity index (χ4v) is 1.10. The van der Waals surface area contributed by atoms with Crippen molar-refractivity contribution in [3.05, 3.63) is 18.7 Å². The van der Waals surface area contributed by atoms with Gasteiger partial charge in [0, 0.05) is 0 Å². The molecular weight excluding hydrogens is 263 g/mol. The van der Waals surface area contributed by atoms with Crippen LogP contribution in [0.25, 0.3) is 0 Å². The number of imidazole rings is 1. The number of carbonyl (C=O) groups excluding carboxylic acids is 1. The summed E-state index contributed by atoms with van der Waals surface area (Å²) in [6.45, 7) is 3.18. The van der Waals surface area contributed by atoms with Crippen molar-refractivity contribution in [2.75, 3.05) is 0 Å². The zero-order chi connectivity index (χ0) is 15.1. The maximum Gasteiger partial charge on any atom is 0.390 e. The highest BCUT2D eigenvalue weighted by molar-refractivity contribution is 5.70. The van der Waals surface area contributed by atoms with Crippen LogP contribution in [0.2, 0.25) is 0 Å². The molecule has 0 aliphatic heterocycles. The van der Waals surface area contributed by atoms with Crippen LogP contribution < -0.4 is 9.67 Å². The smallest absolute Gasteiger partial charge is 0.390 e. The van der Waals surface area contributed by atoms with Gasteiger partial charge in [-0.2, -0.15) is 18.4 Å². The lowest BCUT2D eigenvalue weighted by Crippen LogP contribution is -2.33. The van der Waals surface area contributed by atoms with Gasteiger partial charge in [-0.05, 0) is 6.92 Å². The molecule has 19 heavy (non-hydrogen) atoms. The Kier molecular flexibility index (Phi) is 6.61. The monoisotopic (exact) mass is 277 g/mol. The number of hydrogen-bond acceptors (Lipinski definition) is 3. The first-order valence-electron chi connectivity index (χ1n) is 5.37. The van der Waals surface area contributed by atoms with Gasteiger partial charge in [-0.25, -0.2) is 9.13 Å². The summed E-state index contributed by atoms with van der Waals surface area (Å²) in [7, 11) is 2.02. The molecule has 0 bridgehead atoms. The number of aromatic nitrogens is 2. The van der Waals surface area contributed by atoms with Crippen LogP contribution in [-0.4, -0.2) is 16.7 Å². The molecule has 106 valence electrons. The van der Waals surface area contributed by atoms with Crippen molar-refractivity contribution in [2.24, 2.45) is 13.0 Å². The molecule has 8 heteroatoms. The minimum Gasteiger partial charge on any atom is -0.549 e. The van der Waals surface area contributed by atoms with E-state index in [1.54, 1.807) is 0 Å². The fourth-order valence-electron chi connectivity index (χ4n) is 1.10. The van der Waals surface area contributed by atoms with E-state index in [0.717, 1.165) is 12.6 Å². The second-order valence-corrected chi connectivity index (χ2v) is 3.73. The van der Waals surface area contributed by atoms with E-state index in [0.29, 0.717) is 0 Å². The number of nitrogens with zero attached hydrogens (tertiary/aromatic N) is 3. The van der Waals surface area contributed by atoms with Gasteiger partial charge in [-0.15, -0.1) is 0 Å². The van der Waals surface area contributed by atoms with E-state index in [1.165, 1.54) is 0 Å². The average Bonchev–Trinajstić information content (AvgIpc) is 2.71. The van der Waals surface area contributed by atoms with Gasteiger partial charge in [0.25, 0.3) is 0 Å². The Morgan fingerprint density at radius 2 is 2.16 bits per heavy atom. The van der Waals surface area contributed by atoms with Gasteiger partial charge in [0.1, 0.15) is 12.4 Å². The summed E-state index contributed by atoms with van der Waals surface area (Å²) < 4.78 is 38.4. The van der Waals surface area contributed by atoms with Crippen molar-refractivity contribution in [3.63, 3.8) is 0 Å². The highest BCUT2D eigenvalue weighted by Crippen LogP contribution is 2.23. The Bertz CT molecular complexity index is 449. The Morgan fingerprint density at radius 1 is 1.58 bits per heavy atom. The average molecular weight is 277 g/mol. The maximum absolute atomic E-state index is 11.4. The topological polar surface area (TPSA) is 72.7 Å². The minimum atomic E-state index is -4.64. The van der Waals surface area contributed by atoms with E-state index in [-0.39, 0.29) is 0 Å². The molecule has 0 aromatic carbocycles. The van der Waals surface area contributed by atoms with Gasteiger partial charge >= 0.3 is 6.18 Å². The summed E-state index contributed by atoms with van der Waals surface area (Å²) >= 11 is 0. The number of halogens is 3. The first kappa shape index (κ1) is 17.0. The molecule has 0 aliphatic rings. The Morgan fingerprint density at radius 3 is 2.32 bits per heavy atom. The minimum absolute atomic E-state index is 0.976. The van der Waals surface area contributed by atoms with Crippen LogP contribution in [0.4, 0.5) is 13.2 Å². The zero-order valence-electron chi connectivity index (χ0n) is 10.5. The van der Waals surface area contributed by atoms with Crippen molar-refractivity contribution in [1.29, 1.82) is 5.26 Å². The van der Waals surface area contributed by atoms with Crippen LogP contribution >= 0.6 is 0 Å². The molecule has 0 amide bonds. The molecular formula is C11H14F3N3O2. The molecule has 1 heterocycles. The number of alkyl halides is 3. The highest BCUT2D eigenvalue weighted by atomic mass is 19.4. The van der Waals surface area contributed by atoms with E-state index in [2.05, 4.69) is 24.0 Å². The summed E-state index contributed by atoms with van der Waals surface area (Å²) in [6, 6.07) is 0.976. The van der Waals surface area contributed by atoms with Gasteiger partial charge in [-0.3, -0.25) is 0 Å². The van der Waals surface area contributed by atoms with Crippen molar-refractivity contribution < 1.29 is 27.6 Å². The van der Waals surface area contributed by atoms with Crippen molar-refractivity contribution in [3.8, 4) is 6.07 Å². The van der Waals surface area contributed by atoms with E-state index in [9.17, 15) is 23.1 Å². The number of carbonyl (C=O) groups is 1. The van der Waals surface area contributed by atoms with Gasteiger partial charge in [0.2, 0.25) is 6.33 Å². The number of aryl methyl sites for hydroxylation is 2. The second-order valence-electron chi connectivity index (χ2n) is 3.73. The molecule has 1 aromatic heterocycles. The third-order valence-electron chi connectivity index (χ3n) is 2.06. The number of aliphatic carboxylic acids is 1. The largest absolute Gasteiger partial charge is 0.549 e. The fraction of sp³-hybridized carbons (Fsp3) is 0.545. The lowest BCUT2D eigenvalue weighted by molar-refractivity contribution is -0.671. The van der Waals surface area contributed by atoms with E-state index in [1.807, 2.05) is 17.8 Å². The lowest BCUT2D eigenvalue weighted by Gasteiger charge is -2.11. The third-order valence-corrected chi connectivity index (χ3v) is 2.06. The number of rotatable bonds is 3. The molecule has 1 unspecified atom stereocenters. The first-order chi connectivity index (χ1) is 8.69. The number of nitriles is 1. The van der Waals surface area contributed by atoms with Gasteiger partial charge in [0.15, 0.2) is 0 Å². The van der Waals surface area contributed by atoms with Crippen molar-refractivity contribution in [2.45, 2.75) is 26.1 Å². The van der Waals surface area contributed by atoms with Gasteiger partial charge in [-0.1, -0.05) is 0 Å². The van der Waals surface area contributed by atoms with Crippen LogP contribution in [0.1, 0.15) is 13.3 Å². The van der Waals surface area contributed by atoms with Crippen LogP contribution in [0.5, 0.6) is 0 Å². The maximum atomic E-state index is 11.4. The van der Waals surface area contributed by atoms with E-state index >= 15 is 0 Å². The molecule has 0 fully saturated rings. The predicted octanol–water partition coefficient (Wildman–Crippen LogP) is 0.161. The number of carboxylic acid groups (broad SMARTS) is 1.